The van der Waals surface area contributed by atoms with E-state index < -0.39 is 9.84 Å². The lowest BCUT2D eigenvalue weighted by atomic mass is 10.2. The van der Waals surface area contributed by atoms with Gasteiger partial charge in [0.25, 0.3) is 5.91 Å². The number of nitrogens with two attached hydrogens (primary N) is 1. The van der Waals surface area contributed by atoms with Gasteiger partial charge in [-0.25, -0.2) is 8.42 Å². The Morgan fingerprint density at radius 3 is 2.79 bits per heavy atom. The third kappa shape index (κ3) is 3.07. The molecule has 19 heavy (non-hydrogen) atoms. The van der Waals surface area contributed by atoms with Gasteiger partial charge in [-0.15, -0.1) is 11.3 Å². The van der Waals surface area contributed by atoms with Crippen molar-refractivity contribution in [2.45, 2.75) is 12.5 Å². The monoisotopic (exact) mass is 304 g/mol. The number of thiophene rings is 1. The number of aliphatic hydroxyl groups is 1. The Bertz CT molecular complexity index is 567. The van der Waals surface area contributed by atoms with Crippen molar-refractivity contribution in [1.82, 2.24) is 4.90 Å². The van der Waals surface area contributed by atoms with Gasteiger partial charge in [0.2, 0.25) is 0 Å². The number of nitrogens with zero attached hydrogens (tertiary/aromatic N) is 1. The molecule has 0 aliphatic carbocycles. The van der Waals surface area contributed by atoms with Crippen LogP contribution in [0.5, 0.6) is 0 Å². The van der Waals surface area contributed by atoms with E-state index in [4.69, 9.17) is 10.8 Å². The third-order valence-corrected chi connectivity index (χ3v) is 5.81. The van der Waals surface area contributed by atoms with E-state index in [0.29, 0.717) is 17.0 Å². The van der Waals surface area contributed by atoms with E-state index in [1.807, 2.05) is 0 Å². The molecular weight excluding hydrogens is 288 g/mol. The van der Waals surface area contributed by atoms with Gasteiger partial charge in [-0.3, -0.25) is 4.79 Å². The molecule has 0 aromatic carbocycles. The maximum Gasteiger partial charge on any atom is 0.266 e. The molecule has 1 aromatic heterocycles. The lowest BCUT2D eigenvalue weighted by molar-refractivity contribution is 0.0661. The number of hydrogen-bond donors (Lipinski definition) is 2. The molecule has 0 spiro atoms. The molecule has 1 aliphatic rings. The molecule has 6 nitrogen and oxygen atoms in total. The summed E-state index contributed by atoms with van der Waals surface area (Å²) in [5, 5.41) is 10.8. The summed E-state index contributed by atoms with van der Waals surface area (Å²) in [7, 11) is -3.07. The van der Waals surface area contributed by atoms with E-state index in [2.05, 4.69) is 0 Å². The molecule has 1 aliphatic heterocycles. The molecule has 2 rings (SSSR count). The molecule has 0 radical (unpaired) electrons. The van der Waals surface area contributed by atoms with Gasteiger partial charge < -0.3 is 15.7 Å². The fourth-order valence-electron chi connectivity index (χ4n) is 2.20. The zero-order chi connectivity index (χ0) is 14.0. The summed E-state index contributed by atoms with van der Waals surface area (Å²) in [6.07, 6.45) is 0.416. The highest BCUT2D eigenvalue weighted by atomic mass is 32.2. The zero-order valence-corrected chi connectivity index (χ0v) is 11.9. The zero-order valence-electron chi connectivity index (χ0n) is 10.3. The number of nitrogen functional groups attached to an aromatic ring is 1. The average Bonchev–Trinajstić information content (AvgIpc) is 2.91. The smallest absolute Gasteiger partial charge is 0.266 e. The maximum atomic E-state index is 12.4. The molecule has 2 heterocycles. The van der Waals surface area contributed by atoms with Crippen LogP contribution in [0.3, 0.4) is 0 Å². The Kier molecular flexibility index (Phi) is 4.12. The SMILES string of the molecule is Nc1ccsc1C(=O)N(CCO)C1CCS(=O)(=O)C1. The first kappa shape index (κ1) is 14.3. The minimum Gasteiger partial charge on any atom is -0.397 e. The molecule has 1 unspecified atom stereocenters. The number of carbonyl (C=O) groups is 1. The Hall–Kier alpha value is -1.12. The largest absolute Gasteiger partial charge is 0.397 e. The van der Waals surface area contributed by atoms with Crippen LogP contribution in [-0.2, 0) is 9.84 Å². The predicted molar refractivity (Wildman–Crippen MR) is 73.9 cm³/mol. The van der Waals surface area contributed by atoms with Crippen molar-refractivity contribution in [3.63, 3.8) is 0 Å². The third-order valence-electron chi connectivity index (χ3n) is 3.14. The maximum absolute atomic E-state index is 12.4. The van der Waals surface area contributed by atoms with E-state index in [-0.39, 0.29) is 36.6 Å². The van der Waals surface area contributed by atoms with Gasteiger partial charge in [-0.1, -0.05) is 0 Å². The average molecular weight is 304 g/mol. The minimum absolute atomic E-state index is 0.0377. The molecule has 3 N–H and O–H groups in total. The van der Waals surface area contributed by atoms with Crippen LogP contribution in [0, 0.1) is 0 Å². The number of aliphatic hydroxyl groups excluding tert-OH is 1. The lowest BCUT2D eigenvalue weighted by Gasteiger charge is -2.27. The molecule has 1 atom stereocenters. The summed E-state index contributed by atoms with van der Waals surface area (Å²) >= 11 is 1.22. The highest BCUT2D eigenvalue weighted by Crippen LogP contribution is 2.25. The van der Waals surface area contributed by atoms with Crippen LogP contribution in [0.1, 0.15) is 16.1 Å². The Morgan fingerprint density at radius 2 is 2.32 bits per heavy atom. The van der Waals surface area contributed by atoms with Crippen LogP contribution in [0.15, 0.2) is 11.4 Å². The number of hydrogen-bond acceptors (Lipinski definition) is 6. The topological polar surface area (TPSA) is 101 Å². The summed E-state index contributed by atoms with van der Waals surface area (Å²) in [5.41, 5.74) is 6.10. The van der Waals surface area contributed by atoms with Gasteiger partial charge in [0.05, 0.1) is 23.8 Å². The van der Waals surface area contributed by atoms with Crippen molar-refractivity contribution in [3.8, 4) is 0 Å². The van der Waals surface area contributed by atoms with Crippen molar-refractivity contribution >= 4 is 32.8 Å². The predicted octanol–water partition coefficient (Wildman–Crippen LogP) is -0.0481. The lowest BCUT2D eigenvalue weighted by Crippen LogP contribution is -2.42. The number of sulfone groups is 1. The molecule has 8 heteroatoms. The minimum atomic E-state index is -3.07. The van der Waals surface area contributed by atoms with Gasteiger partial charge in [0.1, 0.15) is 4.88 Å². The van der Waals surface area contributed by atoms with Gasteiger partial charge in [0, 0.05) is 12.6 Å². The van der Waals surface area contributed by atoms with Crippen LogP contribution < -0.4 is 5.73 Å². The molecule has 106 valence electrons. The summed E-state index contributed by atoms with van der Waals surface area (Å²) < 4.78 is 23.0. The number of rotatable bonds is 4. The van der Waals surface area contributed by atoms with Gasteiger partial charge in [-0.05, 0) is 17.9 Å². The highest BCUT2D eigenvalue weighted by Gasteiger charge is 2.35. The van der Waals surface area contributed by atoms with Crippen molar-refractivity contribution in [2.24, 2.45) is 0 Å². The fraction of sp³-hybridized carbons (Fsp3) is 0.545. The van der Waals surface area contributed by atoms with E-state index in [9.17, 15) is 13.2 Å². The van der Waals surface area contributed by atoms with Crippen molar-refractivity contribution < 1.29 is 18.3 Å². The first-order valence-corrected chi connectivity index (χ1v) is 8.60. The summed E-state index contributed by atoms with van der Waals surface area (Å²) in [6.45, 7) is -0.0794. The summed E-state index contributed by atoms with van der Waals surface area (Å²) in [6, 6.07) is 1.27. The van der Waals surface area contributed by atoms with Crippen LogP contribution in [0.4, 0.5) is 5.69 Å². The van der Waals surface area contributed by atoms with Gasteiger partial charge in [0.15, 0.2) is 9.84 Å². The second kappa shape index (κ2) is 5.48. The second-order valence-electron chi connectivity index (χ2n) is 4.48. The molecule has 1 fully saturated rings. The van der Waals surface area contributed by atoms with Crippen molar-refractivity contribution in [1.29, 1.82) is 0 Å². The van der Waals surface area contributed by atoms with Gasteiger partial charge >= 0.3 is 0 Å². The van der Waals surface area contributed by atoms with E-state index in [1.165, 1.54) is 16.2 Å². The van der Waals surface area contributed by atoms with E-state index >= 15 is 0 Å². The molecule has 1 amide bonds. The Morgan fingerprint density at radius 1 is 1.58 bits per heavy atom. The second-order valence-corrected chi connectivity index (χ2v) is 7.63. The fourth-order valence-corrected chi connectivity index (χ4v) is 4.71. The van der Waals surface area contributed by atoms with Crippen molar-refractivity contribution in [3.05, 3.63) is 16.3 Å². The Labute approximate surface area is 115 Å². The highest BCUT2D eigenvalue weighted by molar-refractivity contribution is 7.91. The molecule has 0 saturated carbocycles. The van der Waals surface area contributed by atoms with Crippen LogP contribution >= 0.6 is 11.3 Å². The van der Waals surface area contributed by atoms with E-state index in [0.717, 1.165) is 0 Å². The van der Waals surface area contributed by atoms with Crippen LogP contribution in [0.2, 0.25) is 0 Å². The van der Waals surface area contributed by atoms with Crippen LogP contribution in [0.25, 0.3) is 0 Å². The normalized spacial score (nSPS) is 21.4. The van der Waals surface area contributed by atoms with Crippen LogP contribution in [-0.4, -0.2) is 55.0 Å². The number of amides is 1. The Balaban J connectivity index is 2.21. The molecule has 1 saturated heterocycles. The molecule has 0 bridgehead atoms. The van der Waals surface area contributed by atoms with E-state index in [1.54, 1.807) is 11.4 Å². The molecular formula is C11H16N2O4S2. The summed E-state index contributed by atoms with van der Waals surface area (Å²) in [5.74, 6) is -0.250. The number of anilines is 1. The first-order chi connectivity index (χ1) is 8.94. The number of carbonyl (C=O) groups excluding carboxylic acids is 1. The van der Waals surface area contributed by atoms with Gasteiger partial charge in [-0.2, -0.15) is 0 Å². The quantitative estimate of drug-likeness (QED) is 0.812. The standard InChI is InChI=1S/C11H16N2O4S2/c12-9-1-5-18-10(9)11(15)13(3-4-14)8-2-6-19(16,17)7-8/h1,5,8,14H,2-4,6-7,12H2. The first-order valence-electron chi connectivity index (χ1n) is 5.90. The van der Waals surface area contributed by atoms with Crippen molar-refractivity contribution in [2.75, 3.05) is 30.4 Å². The molecule has 1 aromatic rings. The summed E-state index contributed by atoms with van der Waals surface area (Å²) in [4.78, 5) is 14.2.